The third kappa shape index (κ3) is 4.66. The van der Waals surface area contributed by atoms with Crippen LogP contribution in [-0.2, 0) is 14.6 Å². The van der Waals surface area contributed by atoms with Crippen molar-refractivity contribution in [3.63, 3.8) is 0 Å². The van der Waals surface area contributed by atoms with E-state index in [9.17, 15) is 13.2 Å². The molecule has 8 heteroatoms. The standard InChI is InChI=1S/C22H21NO5S2/c24-21(23-22(20-7-4-13-29-20)16-5-2-1-3-6-16)10-14-30(25,26)17-8-9-18-19(15-17)28-12-11-27-18/h1-9,13,15,22H,10-12,14H2,(H,23,24). The van der Waals surface area contributed by atoms with Gasteiger partial charge < -0.3 is 14.8 Å². The third-order valence-corrected chi connectivity index (χ3v) is 7.39. The molecule has 3 aromatic rings. The zero-order valence-corrected chi connectivity index (χ0v) is 17.7. The molecule has 0 saturated carbocycles. The smallest absolute Gasteiger partial charge is 0.221 e. The lowest BCUT2D eigenvalue weighted by Crippen LogP contribution is -2.30. The van der Waals surface area contributed by atoms with Crippen molar-refractivity contribution in [1.82, 2.24) is 5.32 Å². The van der Waals surface area contributed by atoms with E-state index in [-0.39, 0.29) is 29.0 Å². The number of nitrogens with one attached hydrogen (secondary N) is 1. The Hall–Kier alpha value is -2.84. The maximum atomic E-state index is 12.7. The quantitative estimate of drug-likeness (QED) is 0.604. The lowest BCUT2D eigenvalue weighted by molar-refractivity contribution is -0.121. The maximum Gasteiger partial charge on any atom is 0.221 e. The first-order valence-electron chi connectivity index (χ1n) is 9.53. The Kier molecular flexibility index (Phi) is 6.06. The highest BCUT2D eigenvalue weighted by atomic mass is 32.2. The van der Waals surface area contributed by atoms with Gasteiger partial charge in [0.05, 0.1) is 16.7 Å². The number of carbonyl (C=O) groups excluding carboxylic acids is 1. The van der Waals surface area contributed by atoms with Crippen molar-refractivity contribution in [2.75, 3.05) is 19.0 Å². The fourth-order valence-corrected chi connectivity index (χ4v) is 5.27. The number of hydrogen-bond donors (Lipinski definition) is 1. The van der Waals surface area contributed by atoms with Gasteiger partial charge in [0, 0.05) is 17.4 Å². The summed E-state index contributed by atoms with van der Waals surface area (Å²) in [5.41, 5.74) is 0.947. The van der Waals surface area contributed by atoms with Crippen LogP contribution < -0.4 is 14.8 Å². The van der Waals surface area contributed by atoms with Crippen LogP contribution in [0, 0.1) is 0 Å². The van der Waals surface area contributed by atoms with Crippen LogP contribution in [0.3, 0.4) is 0 Å². The first-order valence-corrected chi connectivity index (χ1v) is 12.1. The summed E-state index contributed by atoms with van der Waals surface area (Å²) in [5.74, 6) is 0.330. The molecule has 2 aromatic carbocycles. The molecule has 0 fully saturated rings. The molecule has 2 heterocycles. The van der Waals surface area contributed by atoms with Crippen LogP contribution in [0.2, 0.25) is 0 Å². The highest BCUT2D eigenvalue weighted by Crippen LogP contribution is 2.32. The number of rotatable bonds is 7. The fraction of sp³-hybridized carbons (Fsp3) is 0.227. The average Bonchev–Trinajstić information content (AvgIpc) is 3.31. The van der Waals surface area contributed by atoms with Crippen molar-refractivity contribution < 1.29 is 22.7 Å². The number of carbonyl (C=O) groups is 1. The van der Waals surface area contributed by atoms with Gasteiger partial charge in [0.15, 0.2) is 21.3 Å². The molecule has 0 aliphatic carbocycles. The predicted molar refractivity (Wildman–Crippen MR) is 115 cm³/mol. The highest BCUT2D eigenvalue weighted by Gasteiger charge is 2.22. The molecule has 4 rings (SSSR count). The molecule has 0 saturated heterocycles. The van der Waals surface area contributed by atoms with E-state index in [1.165, 1.54) is 12.1 Å². The number of fused-ring (bicyclic) bond motifs is 1. The minimum atomic E-state index is -3.64. The van der Waals surface area contributed by atoms with Crippen LogP contribution in [-0.4, -0.2) is 33.3 Å². The van der Waals surface area contributed by atoms with Crippen LogP contribution in [0.25, 0.3) is 0 Å². The van der Waals surface area contributed by atoms with Crippen LogP contribution >= 0.6 is 11.3 Å². The van der Waals surface area contributed by atoms with E-state index in [4.69, 9.17) is 9.47 Å². The zero-order valence-electron chi connectivity index (χ0n) is 16.1. The van der Waals surface area contributed by atoms with Gasteiger partial charge in [-0.15, -0.1) is 11.3 Å². The second-order valence-electron chi connectivity index (χ2n) is 6.80. The molecular formula is C22H21NO5S2. The summed E-state index contributed by atoms with van der Waals surface area (Å²) in [6, 6.07) is 17.7. The van der Waals surface area contributed by atoms with E-state index in [2.05, 4.69) is 5.32 Å². The van der Waals surface area contributed by atoms with Gasteiger partial charge in [0.1, 0.15) is 13.2 Å². The van der Waals surface area contributed by atoms with E-state index in [1.807, 2.05) is 47.8 Å². The lowest BCUT2D eigenvalue weighted by atomic mass is 10.1. The monoisotopic (exact) mass is 443 g/mol. The van der Waals surface area contributed by atoms with Gasteiger partial charge in [0.2, 0.25) is 5.91 Å². The van der Waals surface area contributed by atoms with Crippen LogP contribution in [0.1, 0.15) is 22.9 Å². The molecule has 1 N–H and O–H groups in total. The predicted octanol–water partition coefficient (Wildman–Crippen LogP) is 3.59. The average molecular weight is 444 g/mol. The van der Waals surface area contributed by atoms with E-state index in [1.54, 1.807) is 17.4 Å². The van der Waals surface area contributed by atoms with Gasteiger partial charge in [-0.1, -0.05) is 36.4 Å². The van der Waals surface area contributed by atoms with Gasteiger partial charge in [0.25, 0.3) is 0 Å². The molecule has 1 atom stereocenters. The Morgan fingerprint density at radius 1 is 1.00 bits per heavy atom. The second-order valence-corrected chi connectivity index (χ2v) is 9.89. The number of sulfone groups is 1. The molecular weight excluding hydrogens is 422 g/mol. The molecule has 156 valence electrons. The van der Waals surface area contributed by atoms with Crippen molar-refractivity contribution in [3.8, 4) is 11.5 Å². The molecule has 30 heavy (non-hydrogen) atoms. The molecule has 1 aromatic heterocycles. The zero-order chi connectivity index (χ0) is 21.0. The minimum absolute atomic E-state index is 0.123. The molecule has 1 amide bonds. The van der Waals surface area contributed by atoms with Crippen molar-refractivity contribution in [2.24, 2.45) is 0 Å². The summed E-state index contributed by atoms with van der Waals surface area (Å²) < 4.78 is 36.4. The van der Waals surface area contributed by atoms with Crippen molar-refractivity contribution >= 4 is 27.1 Å². The molecule has 0 bridgehead atoms. The first-order chi connectivity index (χ1) is 14.5. The number of benzene rings is 2. The number of ether oxygens (including phenoxy) is 2. The van der Waals surface area contributed by atoms with Crippen LogP contribution in [0.5, 0.6) is 11.5 Å². The van der Waals surface area contributed by atoms with Gasteiger partial charge in [-0.2, -0.15) is 0 Å². The molecule has 1 unspecified atom stereocenters. The molecule has 0 radical (unpaired) electrons. The summed E-state index contributed by atoms with van der Waals surface area (Å²) in [5, 5.41) is 4.92. The van der Waals surface area contributed by atoms with Crippen LogP contribution in [0.4, 0.5) is 0 Å². The number of amides is 1. The Balaban J connectivity index is 1.44. The molecule has 1 aliphatic rings. The topological polar surface area (TPSA) is 81.7 Å². The van der Waals surface area contributed by atoms with Gasteiger partial charge in [-0.3, -0.25) is 4.79 Å². The molecule has 6 nitrogen and oxygen atoms in total. The SMILES string of the molecule is O=C(CCS(=O)(=O)c1ccc2c(c1)OCCO2)NC(c1ccccc1)c1cccs1. The lowest BCUT2D eigenvalue weighted by Gasteiger charge is -2.19. The molecule has 0 spiro atoms. The normalized spacial score (nSPS) is 14.1. The second kappa shape index (κ2) is 8.89. The number of hydrogen-bond acceptors (Lipinski definition) is 6. The number of thiophene rings is 1. The van der Waals surface area contributed by atoms with Crippen molar-refractivity contribution in [1.29, 1.82) is 0 Å². The van der Waals surface area contributed by atoms with Crippen molar-refractivity contribution in [2.45, 2.75) is 17.4 Å². The summed E-state index contributed by atoms with van der Waals surface area (Å²) in [7, 11) is -3.64. The van der Waals surface area contributed by atoms with Crippen LogP contribution in [0.15, 0.2) is 70.9 Å². The summed E-state index contributed by atoms with van der Waals surface area (Å²) >= 11 is 1.54. The van der Waals surface area contributed by atoms with E-state index in [0.29, 0.717) is 24.7 Å². The Labute approximate surface area is 179 Å². The Bertz CT molecular complexity index is 1110. The van der Waals surface area contributed by atoms with Gasteiger partial charge in [-0.05, 0) is 29.1 Å². The third-order valence-electron chi connectivity index (χ3n) is 4.74. The summed E-state index contributed by atoms with van der Waals surface area (Å²) in [6.07, 6.45) is -0.133. The Morgan fingerprint density at radius 3 is 2.50 bits per heavy atom. The minimum Gasteiger partial charge on any atom is -0.486 e. The van der Waals surface area contributed by atoms with E-state index >= 15 is 0 Å². The first kappa shape index (κ1) is 20.4. The largest absolute Gasteiger partial charge is 0.486 e. The highest BCUT2D eigenvalue weighted by molar-refractivity contribution is 7.91. The fourth-order valence-electron chi connectivity index (χ4n) is 3.21. The van der Waals surface area contributed by atoms with E-state index < -0.39 is 9.84 Å². The van der Waals surface area contributed by atoms with Crippen molar-refractivity contribution in [3.05, 3.63) is 76.5 Å². The maximum absolute atomic E-state index is 12.7. The van der Waals surface area contributed by atoms with E-state index in [0.717, 1.165) is 10.4 Å². The Morgan fingerprint density at radius 2 is 1.77 bits per heavy atom. The summed E-state index contributed by atoms with van der Waals surface area (Å²) in [6.45, 7) is 0.814. The van der Waals surface area contributed by atoms with Gasteiger partial charge in [-0.25, -0.2) is 8.42 Å². The van der Waals surface area contributed by atoms with Gasteiger partial charge >= 0.3 is 0 Å². The molecule has 1 aliphatic heterocycles. The summed E-state index contributed by atoms with van der Waals surface area (Å²) in [4.78, 5) is 13.7.